The van der Waals surface area contributed by atoms with Crippen LogP contribution in [0.5, 0.6) is 0 Å². The van der Waals surface area contributed by atoms with E-state index in [1.54, 1.807) is 6.07 Å². The molecular formula is C16H11FN4O2S. The summed E-state index contributed by atoms with van der Waals surface area (Å²) in [5.41, 5.74) is 2.58. The molecule has 0 aliphatic rings. The maximum absolute atomic E-state index is 13.0. The van der Waals surface area contributed by atoms with Crippen molar-refractivity contribution >= 4 is 23.5 Å². The number of thiophene rings is 1. The molecule has 0 atom stereocenters. The number of aromatic nitrogens is 2. The fourth-order valence-corrected chi connectivity index (χ4v) is 2.65. The fourth-order valence-electron chi connectivity index (χ4n) is 1.95. The second kappa shape index (κ2) is 6.97. The minimum Gasteiger partial charge on any atom is -0.305 e. The van der Waals surface area contributed by atoms with Crippen LogP contribution < -0.4 is 11.1 Å². The van der Waals surface area contributed by atoms with E-state index in [4.69, 9.17) is 0 Å². The Labute approximate surface area is 139 Å². The summed E-state index contributed by atoms with van der Waals surface area (Å²) in [6.45, 7) is 0. The molecule has 0 radical (unpaired) electrons. The van der Waals surface area contributed by atoms with E-state index in [9.17, 15) is 14.0 Å². The number of carbonyl (C=O) groups excluding carboxylic acids is 1. The number of nitrogens with zero attached hydrogens (tertiary/aromatic N) is 2. The van der Waals surface area contributed by atoms with Crippen LogP contribution >= 0.6 is 11.3 Å². The molecule has 2 aromatic heterocycles. The van der Waals surface area contributed by atoms with Gasteiger partial charge < -0.3 is 4.98 Å². The van der Waals surface area contributed by atoms with Crippen molar-refractivity contribution < 1.29 is 9.18 Å². The number of H-pyrrole nitrogens is 1. The van der Waals surface area contributed by atoms with Crippen molar-refractivity contribution in [2.75, 3.05) is 0 Å². The highest BCUT2D eigenvalue weighted by Crippen LogP contribution is 2.21. The van der Waals surface area contributed by atoms with Crippen LogP contribution in [0.2, 0.25) is 0 Å². The lowest BCUT2D eigenvalue weighted by molar-refractivity contribution is 0.0949. The van der Waals surface area contributed by atoms with Crippen LogP contribution in [0.3, 0.4) is 0 Å². The van der Waals surface area contributed by atoms with E-state index < -0.39 is 17.4 Å². The largest absolute Gasteiger partial charge is 0.346 e. The van der Waals surface area contributed by atoms with Crippen molar-refractivity contribution in [3.05, 3.63) is 75.4 Å². The molecule has 0 aliphatic heterocycles. The van der Waals surface area contributed by atoms with E-state index in [1.165, 1.54) is 41.8 Å². The lowest BCUT2D eigenvalue weighted by Crippen LogP contribution is -2.24. The van der Waals surface area contributed by atoms with Crippen LogP contribution in [0.4, 0.5) is 4.39 Å². The first kappa shape index (κ1) is 15.8. The van der Waals surface area contributed by atoms with Crippen LogP contribution in [-0.4, -0.2) is 22.1 Å². The first-order chi connectivity index (χ1) is 11.6. The number of hydrogen-bond acceptors (Lipinski definition) is 5. The number of hydrazone groups is 1. The SMILES string of the molecule is O=C(N/N=C/c1cccc(F)c1)c1cc(-c2cccs2)[nH]c(=O)n1. The Morgan fingerprint density at radius 3 is 2.92 bits per heavy atom. The van der Waals surface area contributed by atoms with Crippen molar-refractivity contribution in [1.82, 2.24) is 15.4 Å². The van der Waals surface area contributed by atoms with Gasteiger partial charge in [0.2, 0.25) is 0 Å². The first-order valence-corrected chi connectivity index (χ1v) is 7.74. The van der Waals surface area contributed by atoms with E-state index in [-0.39, 0.29) is 5.69 Å². The zero-order chi connectivity index (χ0) is 16.9. The van der Waals surface area contributed by atoms with Gasteiger partial charge in [0.05, 0.1) is 16.8 Å². The van der Waals surface area contributed by atoms with E-state index in [0.29, 0.717) is 11.3 Å². The number of halogens is 1. The van der Waals surface area contributed by atoms with Gasteiger partial charge in [0.25, 0.3) is 5.91 Å². The Morgan fingerprint density at radius 1 is 1.29 bits per heavy atom. The summed E-state index contributed by atoms with van der Waals surface area (Å²) in [5.74, 6) is -1.03. The van der Waals surface area contributed by atoms with Gasteiger partial charge in [-0.05, 0) is 35.2 Å². The quantitative estimate of drug-likeness (QED) is 0.564. The van der Waals surface area contributed by atoms with Gasteiger partial charge in [-0.25, -0.2) is 14.6 Å². The molecular weight excluding hydrogens is 331 g/mol. The monoisotopic (exact) mass is 342 g/mol. The predicted molar refractivity (Wildman–Crippen MR) is 89.6 cm³/mol. The average Bonchev–Trinajstić information content (AvgIpc) is 3.09. The Balaban J connectivity index is 1.77. The molecule has 0 saturated carbocycles. The van der Waals surface area contributed by atoms with Gasteiger partial charge in [-0.15, -0.1) is 11.3 Å². The van der Waals surface area contributed by atoms with Crippen molar-refractivity contribution in [2.24, 2.45) is 5.10 Å². The van der Waals surface area contributed by atoms with Crippen molar-refractivity contribution in [3.63, 3.8) is 0 Å². The summed E-state index contributed by atoms with van der Waals surface area (Å²) < 4.78 is 13.0. The molecule has 2 N–H and O–H groups in total. The topological polar surface area (TPSA) is 87.2 Å². The predicted octanol–water partition coefficient (Wildman–Crippen LogP) is 2.40. The number of amides is 1. The number of rotatable bonds is 4. The highest BCUT2D eigenvalue weighted by Gasteiger charge is 2.10. The van der Waals surface area contributed by atoms with Crippen LogP contribution in [0.15, 0.2) is 57.7 Å². The van der Waals surface area contributed by atoms with Gasteiger partial charge >= 0.3 is 5.69 Å². The number of benzene rings is 1. The number of carbonyl (C=O) groups is 1. The maximum atomic E-state index is 13.0. The highest BCUT2D eigenvalue weighted by molar-refractivity contribution is 7.13. The number of hydrogen-bond donors (Lipinski definition) is 2. The Hall–Kier alpha value is -3.13. The Morgan fingerprint density at radius 2 is 2.17 bits per heavy atom. The van der Waals surface area contributed by atoms with Gasteiger partial charge in [0.15, 0.2) is 0 Å². The van der Waals surface area contributed by atoms with Gasteiger partial charge in [-0.3, -0.25) is 4.79 Å². The molecule has 8 heteroatoms. The highest BCUT2D eigenvalue weighted by atomic mass is 32.1. The van der Waals surface area contributed by atoms with E-state index in [0.717, 1.165) is 4.88 Å². The summed E-state index contributed by atoms with van der Waals surface area (Å²) in [4.78, 5) is 30.7. The second-order valence-electron chi connectivity index (χ2n) is 4.72. The minimum atomic E-state index is -0.633. The molecule has 24 heavy (non-hydrogen) atoms. The lowest BCUT2D eigenvalue weighted by Gasteiger charge is -2.01. The average molecular weight is 342 g/mol. The zero-order valence-electron chi connectivity index (χ0n) is 12.2. The van der Waals surface area contributed by atoms with E-state index in [1.807, 2.05) is 17.5 Å². The van der Waals surface area contributed by atoms with Gasteiger partial charge in [0.1, 0.15) is 11.5 Å². The second-order valence-corrected chi connectivity index (χ2v) is 5.66. The van der Waals surface area contributed by atoms with Crippen LogP contribution in [0, 0.1) is 5.82 Å². The van der Waals surface area contributed by atoms with Crippen molar-refractivity contribution in [3.8, 4) is 10.6 Å². The molecule has 1 aromatic carbocycles. The van der Waals surface area contributed by atoms with Gasteiger partial charge in [0, 0.05) is 0 Å². The Bertz CT molecular complexity index is 951. The third kappa shape index (κ3) is 3.79. The van der Waals surface area contributed by atoms with Crippen LogP contribution in [0.25, 0.3) is 10.6 Å². The maximum Gasteiger partial charge on any atom is 0.346 e. The third-order valence-electron chi connectivity index (χ3n) is 2.99. The number of aromatic amines is 1. The molecule has 0 unspecified atom stereocenters. The summed E-state index contributed by atoms with van der Waals surface area (Å²) in [6, 6.07) is 10.9. The molecule has 120 valence electrons. The lowest BCUT2D eigenvalue weighted by atomic mass is 10.2. The van der Waals surface area contributed by atoms with Gasteiger partial charge in [-0.2, -0.15) is 10.1 Å². The normalized spacial score (nSPS) is 10.9. The molecule has 2 heterocycles. The molecule has 0 fully saturated rings. The smallest absolute Gasteiger partial charge is 0.305 e. The molecule has 6 nitrogen and oxygen atoms in total. The number of nitrogens with one attached hydrogen (secondary N) is 2. The summed E-state index contributed by atoms with van der Waals surface area (Å²) in [6.07, 6.45) is 1.30. The summed E-state index contributed by atoms with van der Waals surface area (Å²) in [7, 11) is 0. The molecule has 0 spiro atoms. The van der Waals surface area contributed by atoms with Gasteiger partial charge in [-0.1, -0.05) is 18.2 Å². The van der Waals surface area contributed by atoms with Crippen LogP contribution in [0.1, 0.15) is 16.1 Å². The zero-order valence-corrected chi connectivity index (χ0v) is 13.0. The molecule has 0 saturated heterocycles. The molecule has 3 aromatic rings. The van der Waals surface area contributed by atoms with Crippen LogP contribution in [-0.2, 0) is 0 Å². The van der Waals surface area contributed by atoms with E-state index >= 15 is 0 Å². The standard InChI is InChI=1S/C16H11FN4O2S/c17-11-4-1-3-10(7-11)9-18-21-15(22)13-8-12(19-16(23)20-13)14-5-2-6-24-14/h1-9H,(H,21,22)(H,19,20,23)/b18-9+. The van der Waals surface area contributed by atoms with Crippen molar-refractivity contribution in [2.45, 2.75) is 0 Å². The van der Waals surface area contributed by atoms with Crippen molar-refractivity contribution in [1.29, 1.82) is 0 Å². The summed E-state index contributed by atoms with van der Waals surface area (Å²) >= 11 is 1.43. The Kier molecular flexibility index (Phi) is 4.57. The molecule has 0 bridgehead atoms. The molecule has 3 rings (SSSR count). The minimum absolute atomic E-state index is 0.0569. The third-order valence-corrected chi connectivity index (χ3v) is 3.90. The molecule has 0 aliphatic carbocycles. The fraction of sp³-hybridized carbons (Fsp3) is 0. The van der Waals surface area contributed by atoms with E-state index in [2.05, 4.69) is 20.5 Å². The summed E-state index contributed by atoms with van der Waals surface area (Å²) in [5, 5.41) is 5.60. The first-order valence-electron chi connectivity index (χ1n) is 6.86. The molecule has 1 amide bonds.